The van der Waals surface area contributed by atoms with E-state index >= 15 is 0 Å². The van der Waals surface area contributed by atoms with Gasteiger partial charge in [0.15, 0.2) is 0 Å². The second kappa shape index (κ2) is 10.6. The van der Waals surface area contributed by atoms with Crippen LogP contribution in [0.15, 0.2) is 52.4 Å². The molecule has 1 atom stereocenters. The molecule has 40 heavy (non-hydrogen) atoms. The predicted molar refractivity (Wildman–Crippen MR) is 133 cm³/mol. The summed E-state index contributed by atoms with van der Waals surface area (Å²) in [6.07, 6.45) is -6.07. The topological polar surface area (TPSA) is 119 Å². The van der Waals surface area contributed by atoms with E-state index in [0.717, 1.165) is 12.3 Å². The lowest BCUT2D eigenvalue weighted by atomic mass is 10.0. The standard InChI is InChI=1S/C25H21F7N6O2/c1-12(36-19-11-35-37-22(39)20(19)25(30,31)32)3-2-5-38-6-4-13-7-16(17(26)9-15(13)23(38)40)21-18(33)8-14(10-34-21)24(27,28)29/h4,6-12H,2-3,5,33H2,1H3,(H2,36,37,39)/t12-/m0/s1. The molecule has 0 bridgehead atoms. The average Bonchev–Trinajstić information content (AvgIpc) is 2.84. The number of fused-ring (bicyclic) bond motifs is 1. The molecule has 0 saturated carbocycles. The molecule has 8 nitrogen and oxygen atoms in total. The van der Waals surface area contributed by atoms with E-state index in [1.807, 2.05) is 0 Å². The van der Waals surface area contributed by atoms with Crippen LogP contribution in [0.2, 0.25) is 0 Å². The molecule has 1 aromatic carbocycles. The quantitative estimate of drug-likeness (QED) is 0.264. The van der Waals surface area contributed by atoms with Crippen LogP contribution in [0.4, 0.5) is 42.1 Å². The van der Waals surface area contributed by atoms with Gasteiger partial charge in [0.25, 0.3) is 11.1 Å². The molecule has 15 heteroatoms. The third-order valence-electron chi connectivity index (χ3n) is 6.14. The zero-order valence-corrected chi connectivity index (χ0v) is 20.6. The van der Waals surface area contributed by atoms with Crippen LogP contribution in [-0.4, -0.2) is 25.8 Å². The predicted octanol–water partition coefficient (Wildman–Crippen LogP) is 5.19. The third kappa shape index (κ3) is 5.92. The van der Waals surface area contributed by atoms with Gasteiger partial charge in [0.05, 0.1) is 34.2 Å². The fraction of sp³-hybridized carbons (Fsp3) is 0.280. The highest BCUT2D eigenvalue weighted by molar-refractivity contribution is 5.88. The summed E-state index contributed by atoms with van der Waals surface area (Å²) in [5, 5.41) is 8.07. The van der Waals surface area contributed by atoms with E-state index < -0.39 is 52.1 Å². The molecule has 0 amide bonds. The molecular formula is C25H21F7N6O2. The molecule has 3 heterocycles. The van der Waals surface area contributed by atoms with Crippen molar-refractivity contribution in [1.29, 1.82) is 0 Å². The fourth-order valence-electron chi connectivity index (χ4n) is 4.22. The third-order valence-corrected chi connectivity index (χ3v) is 6.14. The number of alkyl halides is 6. The highest BCUT2D eigenvalue weighted by atomic mass is 19.4. The number of benzene rings is 1. The number of anilines is 2. The molecule has 0 fully saturated rings. The Balaban J connectivity index is 1.50. The number of aryl methyl sites for hydroxylation is 1. The summed E-state index contributed by atoms with van der Waals surface area (Å²) in [5.74, 6) is -0.911. The first kappa shape index (κ1) is 28.6. The Bertz CT molecular complexity index is 1680. The molecule has 4 rings (SSSR count). The lowest BCUT2D eigenvalue weighted by molar-refractivity contribution is -0.138. The molecule has 0 saturated heterocycles. The lowest BCUT2D eigenvalue weighted by Crippen LogP contribution is -2.27. The van der Waals surface area contributed by atoms with E-state index in [2.05, 4.69) is 15.4 Å². The van der Waals surface area contributed by atoms with Gasteiger partial charge in [0.1, 0.15) is 11.4 Å². The highest BCUT2D eigenvalue weighted by Crippen LogP contribution is 2.35. The Morgan fingerprint density at radius 3 is 2.45 bits per heavy atom. The minimum atomic E-state index is -4.89. The largest absolute Gasteiger partial charge is 0.423 e. The number of halogens is 7. The maximum Gasteiger partial charge on any atom is 0.423 e. The smallest absolute Gasteiger partial charge is 0.397 e. The van der Waals surface area contributed by atoms with E-state index in [1.54, 1.807) is 12.0 Å². The van der Waals surface area contributed by atoms with Gasteiger partial charge in [0.2, 0.25) is 0 Å². The van der Waals surface area contributed by atoms with Gasteiger partial charge < -0.3 is 15.6 Å². The average molecular weight is 570 g/mol. The van der Waals surface area contributed by atoms with Crippen LogP contribution in [0, 0.1) is 5.82 Å². The van der Waals surface area contributed by atoms with Gasteiger partial charge >= 0.3 is 12.4 Å². The van der Waals surface area contributed by atoms with Crippen LogP contribution in [0.25, 0.3) is 22.0 Å². The van der Waals surface area contributed by atoms with Crippen molar-refractivity contribution in [3.8, 4) is 11.3 Å². The maximum atomic E-state index is 15.0. The maximum absolute atomic E-state index is 15.0. The zero-order valence-electron chi connectivity index (χ0n) is 20.6. The summed E-state index contributed by atoms with van der Waals surface area (Å²) in [5.41, 5.74) is 0.0625. The number of aromatic nitrogens is 4. The second-order valence-corrected chi connectivity index (χ2v) is 9.07. The summed E-state index contributed by atoms with van der Waals surface area (Å²) < 4.78 is 94.7. The number of nitrogens with zero attached hydrogens (tertiary/aromatic N) is 3. The van der Waals surface area contributed by atoms with Gasteiger partial charge in [-0.05, 0) is 49.4 Å². The fourth-order valence-corrected chi connectivity index (χ4v) is 4.22. The minimum Gasteiger partial charge on any atom is -0.397 e. The molecule has 0 aliphatic carbocycles. The van der Waals surface area contributed by atoms with Crippen molar-refractivity contribution in [3.63, 3.8) is 0 Å². The molecule has 0 radical (unpaired) electrons. The monoisotopic (exact) mass is 570 g/mol. The molecule has 212 valence electrons. The summed E-state index contributed by atoms with van der Waals surface area (Å²) in [6.45, 7) is 1.75. The van der Waals surface area contributed by atoms with Crippen molar-refractivity contribution in [2.45, 2.75) is 44.7 Å². The Morgan fingerprint density at radius 1 is 1.07 bits per heavy atom. The molecule has 0 unspecified atom stereocenters. The highest BCUT2D eigenvalue weighted by Gasteiger charge is 2.37. The molecular weight excluding hydrogens is 549 g/mol. The normalized spacial score (nSPS) is 13.0. The van der Waals surface area contributed by atoms with Crippen LogP contribution in [0.5, 0.6) is 0 Å². The number of hydrogen-bond donors (Lipinski definition) is 3. The van der Waals surface area contributed by atoms with E-state index in [1.165, 1.54) is 22.9 Å². The number of rotatable bonds is 7. The molecule has 0 aliphatic heterocycles. The van der Waals surface area contributed by atoms with Crippen LogP contribution < -0.4 is 22.2 Å². The molecule has 0 aliphatic rings. The Hall–Kier alpha value is -4.43. The molecule has 3 aromatic heterocycles. The van der Waals surface area contributed by atoms with Crippen molar-refractivity contribution < 1.29 is 30.7 Å². The number of pyridine rings is 2. The number of H-pyrrole nitrogens is 1. The molecule has 4 aromatic rings. The first-order chi connectivity index (χ1) is 18.7. The van der Waals surface area contributed by atoms with Gasteiger partial charge in [-0.3, -0.25) is 14.6 Å². The SMILES string of the molecule is C[C@@H](CCCn1ccc2cc(-c3ncc(C(F)(F)F)cc3N)c(F)cc2c1=O)Nc1cn[nH]c(=O)c1C(F)(F)F. The lowest BCUT2D eigenvalue weighted by Gasteiger charge is -2.18. The van der Waals surface area contributed by atoms with Gasteiger partial charge in [0, 0.05) is 30.5 Å². The Morgan fingerprint density at radius 2 is 1.80 bits per heavy atom. The summed E-state index contributed by atoms with van der Waals surface area (Å²) in [7, 11) is 0. The van der Waals surface area contributed by atoms with Crippen LogP contribution >= 0.6 is 0 Å². The van der Waals surface area contributed by atoms with Crippen LogP contribution in [0.1, 0.15) is 30.9 Å². The summed E-state index contributed by atoms with van der Waals surface area (Å²) in [4.78, 5) is 28.2. The molecule has 4 N–H and O–H groups in total. The summed E-state index contributed by atoms with van der Waals surface area (Å²) in [6, 6.07) is 3.85. The van der Waals surface area contributed by atoms with Gasteiger partial charge in [-0.15, -0.1) is 0 Å². The van der Waals surface area contributed by atoms with E-state index in [-0.39, 0.29) is 28.9 Å². The van der Waals surface area contributed by atoms with Crippen molar-refractivity contribution >= 4 is 22.1 Å². The first-order valence-electron chi connectivity index (χ1n) is 11.7. The Kier molecular flexibility index (Phi) is 7.59. The van der Waals surface area contributed by atoms with E-state index in [9.17, 15) is 40.3 Å². The van der Waals surface area contributed by atoms with Crippen molar-refractivity contribution in [1.82, 2.24) is 19.7 Å². The van der Waals surface area contributed by atoms with Gasteiger partial charge in [-0.25, -0.2) is 9.49 Å². The Labute approximate surface area is 220 Å². The van der Waals surface area contributed by atoms with Gasteiger partial charge in [-0.1, -0.05) is 0 Å². The number of aromatic amines is 1. The molecule has 0 spiro atoms. The number of nitrogens with one attached hydrogen (secondary N) is 2. The zero-order chi connectivity index (χ0) is 29.4. The van der Waals surface area contributed by atoms with E-state index in [4.69, 9.17) is 5.73 Å². The summed E-state index contributed by atoms with van der Waals surface area (Å²) >= 11 is 0. The van der Waals surface area contributed by atoms with Gasteiger partial charge in [-0.2, -0.15) is 31.4 Å². The van der Waals surface area contributed by atoms with Crippen molar-refractivity contribution in [3.05, 3.63) is 80.5 Å². The van der Waals surface area contributed by atoms with Crippen molar-refractivity contribution in [2.24, 2.45) is 0 Å². The van der Waals surface area contributed by atoms with E-state index in [0.29, 0.717) is 30.5 Å². The number of nitrogen functional groups attached to an aromatic ring is 1. The number of hydrogen-bond acceptors (Lipinski definition) is 6. The second-order valence-electron chi connectivity index (χ2n) is 9.07. The minimum absolute atomic E-state index is 0.00445. The van der Waals surface area contributed by atoms with Crippen molar-refractivity contribution in [2.75, 3.05) is 11.1 Å². The van der Waals surface area contributed by atoms with Crippen LogP contribution in [-0.2, 0) is 18.9 Å². The van der Waals surface area contributed by atoms with Crippen LogP contribution in [0.3, 0.4) is 0 Å². The first-order valence-corrected chi connectivity index (χ1v) is 11.7. The number of nitrogens with two attached hydrogens (primary N) is 1.